The lowest BCUT2D eigenvalue weighted by Crippen LogP contribution is -2.30. The lowest BCUT2D eigenvalue weighted by molar-refractivity contribution is 0.251. The Morgan fingerprint density at radius 3 is 2.09 bits per heavy atom. The molecule has 2 aliphatic rings. The smallest absolute Gasteiger partial charge is 0.00993 e. The first-order chi connectivity index (χ1) is 5.42. The molecule has 11 heavy (non-hydrogen) atoms. The van der Waals surface area contributed by atoms with Crippen LogP contribution in [0.4, 0.5) is 0 Å². The van der Waals surface area contributed by atoms with Crippen molar-refractivity contribution in [3.63, 3.8) is 0 Å². The van der Waals surface area contributed by atoms with Crippen LogP contribution in [0.15, 0.2) is 0 Å². The van der Waals surface area contributed by atoms with E-state index in [2.05, 4.69) is 4.90 Å². The van der Waals surface area contributed by atoms with Gasteiger partial charge < -0.3 is 5.73 Å². The van der Waals surface area contributed by atoms with Crippen molar-refractivity contribution in [2.75, 3.05) is 13.1 Å². The molecule has 2 fully saturated rings. The third kappa shape index (κ3) is 1.30. The van der Waals surface area contributed by atoms with Crippen LogP contribution in [0.3, 0.4) is 0 Å². The van der Waals surface area contributed by atoms with Crippen LogP contribution < -0.4 is 5.73 Å². The van der Waals surface area contributed by atoms with Crippen LogP contribution in [0.2, 0.25) is 0 Å². The van der Waals surface area contributed by atoms with Gasteiger partial charge in [-0.05, 0) is 45.2 Å². The van der Waals surface area contributed by atoms with E-state index in [0.29, 0.717) is 0 Å². The summed E-state index contributed by atoms with van der Waals surface area (Å²) in [6.07, 6.45) is 7.00. The minimum Gasteiger partial charge on any atom is -0.330 e. The van der Waals surface area contributed by atoms with E-state index in [4.69, 9.17) is 5.73 Å². The van der Waals surface area contributed by atoms with Crippen LogP contribution in [0, 0.1) is 0 Å². The van der Waals surface area contributed by atoms with Crippen LogP contribution in [0.5, 0.6) is 0 Å². The standard InChI is InChI=1S/C9H18N2/c10-6-1-7-11-8-2-3-9(11)5-4-8/h8-9H,1-7,10H2. The average molecular weight is 154 g/mol. The molecule has 2 saturated heterocycles. The highest BCUT2D eigenvalue weighted by molar-refractivity contribution is 4.94. The van der Waals surface area contributed by atoms with Crippen molar-refractivity contribution < 1.29 is 0 Å². The molecule has 2 heterocycles. The summed E-state index contributed by atoms with van der Waals surface area (Å²) in [5.74, 6) is 0. The van der Waals surface area contributed by atoms with Crippen molar-refractivity contribution in [2.24, 2.45) is 5.73 Å². The molecular weight excluding hydrogens is 136 g/mol. The largest absolute Gasteiger partial charge is 0.330 e. The van der Waals surface area contributed by atoms with Crippen molar-refractivity contribution in [3.05, 3.63) is 0 Å². The maximum Gasteiger partial charge on any atom is 0.00993 e. The Morgan fingerprint density at radius 1 is 1.09 bits per heavy atom. The predicted molar refractivity (Wildman–Crippen MR) is 46.4 cm³/mol. The second-order valence-electron chi connectivity index (χ2n) is 3.84. The Balaban J connectivity index is 1.84. The second-order valence-corrected chi connectivity index (χ2v) is 3.84. The molecule has 2 rings (SSSR count). The third-order valence-electron chi connectivity index (χ3n) is 3.22. The molecule has 0 saturated carbocycles. The summed E-state index contributed by atoms with van der Waals surface area (Å²) >= 11 is 0. The highest BCUT2D eigenvalue weighted by Gasteiger charge is 2.38. The SMILES string of the molecule is NCCCN1C2CCC1CC2. The van der Waals surface area contributed by atoms with E-state index in [9.17, 15) is 0 Å². The van der Waals surface area contributed by atoms with Crippen molar-refractivity contribution in [1.82, 2.24) is 4.90 Å². The van der Waals surface area contributed by atoms with Gasteiger partial charge in [0.25, 0.3) is 0 Å². The Bertz CT molecular complexity index is 116. The molecule has 0 atom stereocenters. The zero-order valence-corrected chi connectivity index (χ0v) is 7.13. The number of nitrogens with zero attached hydrogens (tertiary/aromatic N) is 1. The maximum atomic E-state index is 5.49. The van der Waals surface area contributed by atoms with Gasteiger partial charge in [0.15, 0.2) is 0 Å². The van der Waals surface area contributed by atoms with E-state index in [0.717, 1.165) is 18.6 Å². The highest BCUT2D eigenvalue weighted by Crippen LogP contribution is 2.36. The van der Waals surface area contributed by atoms with Crippen molar-refractivity contribution in [2.45, 2.75) is 44.2 Å². The second kappa shape index (κ2) is 3.11. The number of nitrogens with two attached hydrogens (primary N) is 1. The first-order valence-corrected chi connectivity index (χ1v) is 4.87. The summed E-state index contributed by atoms with van der Waals surface area (Å²) < 4.78 is 0. The molecule has 0 spiro atoms. The summed E-state index contributed by atoms with van der Waals surface area (Å²) in [4.78, 5) is 2.69. The first kappa shape index (κ1) is 7.56. The zero-order valence-electron chi connectivity index (χ0n) is 7.13. The number of hydrogen-bond donors (Lipinski definition) is 1. The Labute approximate surface area is 68.7 Å². The van der Waals surface area contributed by atoms with Gasteiger partial charge in [0.05, 0.1) is 0 Å². The van der Waals surface area contributed by atoms with E-state index < -0.39 is 0 Å². The number of rotatable bonds is 3. The van der Waals surface area contributed by atoms with Gasteiger partial charge in [-0.1, -0.05) is 0 Å². The fourth-order valence-electron chi connectivity index (χ4n) is 2.66. The normalized spacial score (nSPS) is 36.8. The van der Waals surface area contributed by atoms with Gasteiger partial charge in [-0.15, -0.1) is 0 Å². The molecule has 0 aliphatic carbocycles. The summed E-state index contributed by atoms with van der Waals surface area (Å²) in [5, 5.41) is 0. The number of hydrogen-bond acceptors (Lipinski definition) is 2. The zero-order chi connectivity index (χ0) is 7.68. The minimum atomic E-state index is 0.857. The van der Waals surface area contributed by atoms with Gasteiger partial charge in [0, 0.05) is 12.1 Å². The van der Waals surface area contributed by atoms with E-state index in [-0.39, 0.29) is 0 Å². The highest BCUT2D eigenvalue weighted by atomic mass is 15.2. The molecule has 0 radical (unpaired) electrons. The van der Waals surface area contributed by atoms with Gasteiger partial charge in [0.1, 0.15) is 0 Å². The molecule has 0 amide bonds. The fourth-order valence-corrected chi connectivity index (χ4v) is 2.66. The van der Waals surface area contributed by atoms with Crippen LogP contribution in [0.25, 0.3) is 0 Å². The summed E-state index contributed by atoms with van der Waals surface area (Å²) in [6, 6.07) is 1.87. The van der Waals surface area contributed by atoms with Crippen molar-refractivity contribution in [3.8, 4) is 0 Å². The molecule has 0 aromatic carbocycles. The molecule has 64 valence electrons. The molecule has 2 nitrogen and oxygen atoms in total. The van der Waals surface area contributed by atoms with Crippen molar-refractivity contribution >= 4 is 0 Å². The Morgan fingerprint density at radius 2 is 1.64 bits per heavy atom. The summed E-state index contributed by atoms with van der Waals surface area (Å²) in [6.45, 7) is 2.11. The molecule has 2 aliphatic heterocycles. The molecule has 2 heteroatoms. The van der Waals surface area contributed by atoms with Crippen LogP contribution in [-0.2, 0) is 0 Å². The van der Waals surface area contributed by atoms with E-state index in [1.165, 1.54) is 38.6 Å². The summed E-state index contributed by atoms with van der Waals surface area (Å²) in [7, 11) is 0. The molecule has 0 aromatic heterocycles. The van der Waals surface area contributed by atoms with E-state index in [1.54, 1.807) is 0 Å². The van der Waals surface area contributed by atoms with E-state index >= 15 is 0 Å². The molecule has 2 N–H and O–H groups in total. The van der Waals surface area contributed by atoms with Crippen LogP contribution >= 0.6 is 0 Å². The van der Waals surface area contributed by atoms with Crippen LogP contribution in [-0.4, -0.2) is 30.1 Å². The third-order valence-corrected chi connectivity index (χ3v) is 3.22. The topological polar surface area (TPSA) is 29.3 Å². The van der Waals surface area contributed by atoms with Crippen LogP contribution in [0.1, 0.15) is 32.1 Å². The molecule has 0 aromatic rings. The van der Waals surface area contributed by atoms with Gasteiger partial charge in [-0.25, -0.2) is 0 Å². The monoisotopic (exact) mass is 154 g/mol. The quantitative estimate of drug-likeness (QED) is 0.656. The predicted octanol–water partition coefficient (Wildman–Crippen LogP) is 0.962. The minimum absolute atomic E-state index is 0.857. The van der Waals surface area contributed by atoms with Crippen molar-refractivity contribution in [1.29, 1.82) is 0 Å². The molecular formula is C9H18N2. The Kier molecular flexibility index (Phi) is 2.14. The fraction of sp³-hybridized carbons (Fsp3) is 1.00. The number of fused-ring (bicyclic) bond motifs is 2. The maximum absolute atomic E-state index is 5.49. The first-order valence-electron chi connectivity index (χ1n) is 4.87. The van der Waals surface area contributed by atoms with E-state index in [1.807, 2.05) is 0 Å². The molecule has 2 bridgehead atoms. The average Bonchev–Trinajstić information content (AvgIpc) is 2.59. The lowest BCUT2D eigenvalue weighted by Gasteiger charge is -2.20. The summed E-state index contributed by atoms with van der Waals surface area (Å²) in [5.41, 5.74) is 5.49. The Hall–Kier alpha value is -0.0800. The van der Waals surface area contributed by atoms with Gasteiger partial charge >= 0.3 is 0 Å². The molecule has 0 unspecified atom stereocenters. The van der Waals surface area contributed by atoms with Gasteiger partial charge in [-0.2, -0.15) is 0 Å². The lowest BCUT2D eigenvalue weighted by atomic mass is 10.0. The van der Waals surface area contributed by atoms with Gasteiger partial charge in [-0.3, -0.25) is 4.90 Å². The van der Waals surface area contributed by atoms with Gasteiger partial charge in [0.2, 0.25) is 0 Å².